The van der Waals surface area contributed by atoms with Gasteiger partial charge in [0.15, 0.2) is 0 Å². The van der Waals surface area contributed by atoms with Crippen molar-refractivity contribution in [3.05, 3.63) is 58.5 Å². The molecule has 1 aliphatic rings. The number of amides is 2. The number of urea groups is 1. The van der Waals surface area contributed by atoms with E-state index in [2.05, 4.69) is 5.32 Å². The summed E-state index contributed by atoms with van der Waals surface area (Å²) in [5, 5.41) is 2.90. The van der Waals surface area contributed by atoms with Gasteiger partial charge in [0.2, 0.25) is 0 Å². The van der Waals surface area contributed by atoms with Gasteiger partial charge in [0, 0.05) is 50.4 Å². The fourth-order valence-electron chi connectivity index (χ4n) is 2.90. The summed E-state index contributed by atoms with van der Waals surface area (Å²) in [6.45, 7) is 3.14. The van der Waals surface area contributed by atoms with Crippen LogP contribution >= 0.6 is 0 Å². The number of nitrogens with zero attached hydrogens (tertiary/aromatic N) is 2. The quantitative estimate of drug-likeness (QED) is 0.934. The minimum atomic E-state index is -0.0888. The van der Waals surface area contributed by atoms with E-state index in [4.69, 9.17) is 4.74 Å². The van der Waals surface area contributed by atoms with Crippen molar-refractivity contribution in [1.82, 2.24) is 9.47 Å². The van der Waals surface area contributed by atoms with Gasteiger partial charge in [-0.3, -0.25) is 4.79 Å². The summed E-state index contributed by atoms with van der Waals surface area (Å²) in [7, 11) is 1.74. The molecule has 0 atom stereocenters. The molecule has 0 aliphatic carbocycles. The molecule has 25 heavy (non-hydrogen) atoms. The molecule has 132 valence electrons. The van der Waals surface area contributed by atoms with E-state index in [1.807, 2.05) is 43.3 Å². The van der Waals surface area contributed by atoms with Crippen LogP contribution < -0.4 is 15.6 Å². The van der Waals surface area contributed by atoms with Crippen LogP contribution in [0.5, 0.6) is 5.75 Å². The third kappa shape index (κ3) is 4.21. The molecule has 0 unspecified atom stereocenters. The van der Waals surface area contributed by atoms with E-state index in [9.17, 15) is 9.59 Å². The van der Waals surface area contributed by atoms with Crippen LogP contribution in [-0.4, -0.2) is 34.7 Å². The number of carbonyl (C=O) groups excluding carboxylic acids is 1. The predicted octanol–water partition coefficient (Wildman–Crippen LogP) is 2.77. The smallest absolute Gasteiger partial charge is 0.321 e. The molecule has 6 heteroatoms. The lowest BCUT2D eigenvalue weighted by atomic mass is 10.1. The van der Waals surface area contributed by atoms with Gasteiger partial charge in [-0.15, -0.1) is 0 Å². The molecule has 0 spiro atoms. The van der Waals surface area contributed by atoms with Gasteiger partial charge in [-0.05, 0) is 25.1 Å². The average molecular weight is 341 g/mol. The van der Waals surface area contributed by atoms with E-state index in [-0.39, 0.29) is 17.7 Å². The zero-order chi connectivity index (χ0) is 17.8. The first-order chi connectivity index (χ1) is 12.0. The monoisotopic (exact) mass is 341 g/mol. The van der Waals surface area contributed by atoms with Crippen LogP contribution in [0.25, 0.3) is 0 Å². The topological polar surface area (TPSA) is 63.6 Å². The van der Waals surface area contributed by atoms with Crippen LogP contribution in [0.4, 0.5) is 10.5 Å². The van der Waals surface area contributed by atoms with Crippen molar-refractivity contribution in [2.24, 2.45) is 7.05 Å². The highest BCUT2D eigenvalue weighted by atomic mass is 16.5. The molecule has 1 aromatic heterocycles. The summed E-state index contributed by atoms with van der Waals surface area (Å²) in [4.78, 5) is 25.9. The molecule has 0 saturated carbocycles. The van der Waals surface area contributed by atoms with Crippen LogP contribution in [0.3, 0.4) is 0 Å². The van der Waals surface area contributed by atoms with Crippen LogP contribution in [-0.2, 0) is 7.05 Å². The van der Waals surface area contributed by atoms with Crippen LogP contribution in [0.1, 0.15) is 18.5 Å². The summed E-state index contributed by atoms with van der Waals surface area (Å²) in [6.07, 6.45) is 1.51. The highest BCUT2D eigenvalue weighted by molar-refractivity contribution is 5.89. The summed E-state index contributed by atoms with van der Waals surface area (Å²) in [5.41, 5.74) is 1.58. The van der Waals surface area contributed by atoms with Gasteiger partial charge in [0.05, 0.1) is 0 Å². The number of likely N-dealkylation sites (tertiary alicyclic amines) is 1. The number of aryl methyl sites for hydroxylation is 1. The van der Waals surface area contributed by atoms with E-state index in [0.717, 1.165) is 24.2 Å². The Labute approximate surface area is 147 Å². The Morgan fingerprint density at radius 2 is 1.84 bits per heavy atom. The van der Waals surface area contributed by atoms with Crippen molar-refractivity contribution >= 4 is 11.7 Å². The van der Waals surface area contributed by atoms with Crippen LogP contribution in [0.15, 0.2) is 47.3 Å². The number of anilines is 1. The number of nitrogens with one attached hydrogen (secondary N) is 1. The first-order valence-electron chi connectivity index (χ1n) is 8.48. The minimum absolute atomic E-state index is 0.0206. The second-order valence-corrected chi connectivity index (χ2v) is 6.33. The zero-order valence-electron chi connectivity index (χ0n) is 14.6. The first kappa shape index (κ1) is 17.1. The molecule has 6 nitrogen and oxygen atoms in total. The number of para-hydroxylation sites is 1. The maximum absolute atomic E-state index is 12.3. The molecule has 1 aliphatic heterocycles. The van der Waals surface area contributed by atoms with Crippen molar-refractivity contribution in [2.45, 2.75) is 25.9 Å². The van der Waals surface area contributed by atoms with Crippen LogP contribution in [0.2, 0.25) is 0 Å². The summed E-state index contributed by atoms with van der Waals surface area (Å²) < 4.78 is 7.53. The predicted molar refractivity (Wildman–Crippen MR) is 97.1 cm³/mol. The van der Waals surface area contributed by atoms with Crippen molar-refractivity contribution in [2.75, 3.05) is 18.4 Å². The van der Waals surface area contributed by atoms with Gasteiger partial charge in [-0.2, -0.15) is 0 Å². The fraction of sp³-hybridized carbons (Fsp3) is 0.368. The van der Waals surface area contributed by atoms with Gasteiger partial charge < -0.3 is 19.5 Å². The third-order valence-corrected chi connectivity index (χ3v) is 4.53. The Bertz CT molecular complexity index is 793. The molecule has 2 heterocycles. The Hall–Kier alpha value is -2.76. The van der Waals surface area contributed by atoms with Crippen molar-refractivity contribution in [3.8, 4) is 5.75 Å². The normalized spacial score (nSPS) is 15.0. The van der Waals surface area contributed by atoms with Crippen molar-refractivity contribution in [3.63, 3.8) is 0 Å². The number of hydrogen-bond donors (Lipinski definition) is 1. The minimum Gasteiger partial charge on any atom is -0.490 e. The van der Waals surface area contributed by atoms with Gasteiger partial charge in [0.25, 0.3) is 5.56 Å². The molecule has 1 aromatic carbocycles. The lowest BCUT2D eigenvalue weighted by Gasteiger charge is -2.32. The van der Waals surface area contributed by atoms with Gasteiger partial charge in [-0.1, -0.05) is 18.2 Å². The lowest BCUT2D eigenvalue weighted by Crippen LogP contribution is -2.43. The Balaban J connectivity index is 1.53. The van der Waals surface area contributed by atoms with E-state index in [0.29, 0.717) is 18.8 Å². The lowest BCUT2D eigenvalue weighted by molar-refractivity contribution is 0.115. The molecule has 0 bridgehead atoms. The van der Waals surface area contributed by atoms with Gasteiger partial charge in [-0.25, -0.2) is 4.79 Å². The number of aromatic nitrogens is 1. The van der Waals surface area contributed by atoms with E-state index < -0.39 is 0 Å². The highest BCUT2D eigenvalue weighted by Gasteiger charge is 2.24. The number of hydrogen-bond acceptors (Lipinski definition) is 3. The number of benzene rings is 1. The number of piperidine rings is 1. The molecule has 1 fully saturated rings. The average Bonchev–Trinajstić information content (AvgIpc) is 2.61. The highest BCUT2D eigenvalue weighted by Crippen LogP contribution is 2.19. The molecule has 3 rings (SSSR count). The summed E-state index contributed by atoms with van der Waals surface area (Å²) in [6, 6.07) is 12.7. The van der Waals surface area contributed by atoms with Gasteiger partial charge >= 0.3 is 6.03 Å². The van der Waals surface area contributed by atoms with E-state index in [1.54, 1.807) is 16.5 Å². The zero-order valence-corrected chi connectivity index (χ0v) is 14.6. The standard InChI is InChI=1S/C19H23N3O3/c1-14-12-17(13-18(23)21(14)2)25-16-8-10-22(11-9-16)19(24)20-15-6-4-3-5-7-15/h3-7,12-13,16H,8-11H2,1-2H3,(H,20,24). The number of ether oxygens (including phenoxy) is 1. The van der Waals surface area contributed by atoms with Gasteiger partial charge in [0.1, 0.15) is 11.9 Å². The molecule has 0 radical (unpaired) electrons. The molecular weight excluding hydrogens is 318 g/mol. The number of rotatable bonds is 3. The third-order valence-electron chi connectivity index (χ3n) is 4.53. The maximum atomic E-state index is 12.3. The SMILES string of the molecule is Cc1cc(OC2CCN(C(=O)Nc3ccccc3)CC2)cc(=O)n1C. The maximum Gasteiger partial charge on any atom is 0.321 e. The summed E-state index contributed by atoms with van der Waals surface area (Å²) in [5.74, 6) is 0.604. The van der Waals surface area contributed by atoms with E-state index in [1.165, 1.54) is 6.07 Å². The summed E-state index contributed by atoms with van der Waals surface area (Å²) >= 11 is 0. The Morgan fingerprint density at radius 3 is 2.48 bits per heavy atom. The number of carbonyl (C=O) groups is 1. The molecule has 1 N–H and O–H groups in total. The molecule has 2 amide bonds. The molecule has 2 aromatic rings. The largest absolute Gasteiger partial charge is 0.490 e. The second kappa shape index (κ2) is 7.42. The first-order valence-corrected chi connectivity index (χ1v) is 8.48. The number of pyridine rings is 1. The Kier molecular flexibility index (Phi) is 5.07. The van der Waals surface area contributed by atoms with Crippen LogP contribution in [0, 0.1) is 6.92 Å². The van der Waals surface area contributed by atoms with Crippen molar-refractivity contribution in [1.29, 1.82) is 0 Å². The van der Waals surface area contributed by atoms with E-state index >= 15 is 0 Å². The van der Waals surface area contributed by atoms with Crippen molar-refractivity contribution < 1.29 is 9.53 Å². The molecule has 1 saturated heterocycles. The second-order valence-electron chi connectivity index (χ2n) is 6.33. The fourth-order valence-corrected chi connectivity index (χ4v) is 2.90. The Morgan fingerprint density at radius 1 is 1.16 bits per heavy atom. The molecular formula is C19H23N3O3.